The van der Waals surface area contributed by atoms with Crippen LogP contribution in [0, 0.1) is 5.92 Å². The van der Waals surface area contributed by atoms with Gasteiger partial charge in [-0.1, -0.05) is 0 Å². The first-order chi connectivity index (χ1) is 6.59. The van der Waals surface area contributed by atoms with E-state index in [0.717, 1.165) is 0 Å². The number of carbonyl (C=O) groups excluding carboxylic acids is 2. The molecule has 0 spiro atoms. The monoisotopic (exact) mass is 202 g/mol. The number of primary amides is 1. The third kappa shape index (κ3) is 3.31. The molecule has 6 heteroatoms. The maximum Gasteiger partial charge on any atom is 0.249 e. The van der Waals surface area contributed by atoms with Crippen LogP contribution in [0.2, 0.25) is 0 Å². The van der Waals surface area contributed by atoms with Gasteiger partial charge in [0.15, 0.2) is 6.61 Å². The van der Waals surface area contributed by atoms with Crippen LogP contribution in [0.4, 0.5) is 0 Å². The molecule has 14 heavy (non-hydrogen) atoms. The molecule has 0 aromatic rings. The molecule has 0 bridgehead atoms. The van der Waals surface area contributed by atoms with Gasteiger partial charge in [-0.25, -0.2) is 5.48 Å². The van der Waals surface area contributed by atoms with Gasteiger partial charge in [0.2, 0.25) is 11.8 Å². The minimum atomic E-state index is -0.624. The number of carbonyl (C=O) groups is 2. The summed E-state index contributed by atoms with van der Waals surface area (Å²) in [4.78, 5) is 26.2. The number of hydroxylamine groups is 1. The van der Waals surface area contributed by atoms with Gasteiger partial charge < -0.3 is 10.5 Å². The van der Waals surface area contributed by atoms with E-state index in [1.807, 2.05) is 6.92 Å². The first-order valence-corrected chi connectivity index (χ1v) is 4.41. The summed E-state index contributed by atoms with van der Waals surface area (Å²) >= 11 is 0. The second-order valence-electron chi connectivity index (χ2n) is 3.30. The molecule has 0 saturated carbocycles. The first kappa shape index (κ1) is 10.9. The van der Waals surface area contributed by atoms with E-state index in [-0.39, 0.29) is 24.5 Å². The van der Waals surface area contributed by atoms with Crippen molar-refractivity contribution in [3.05, 3.63) is 0 Å². The average molecular weight is 202 g/mol. The zero-order valence-corrected chi connectivity index (χ0v) is 7.99. The number of hydrogen-bond donors (Lipinski definition) is 2. The van der Waals surface area contributed by atoms with Crippen molar-refractivity contribution in [3.8, 4) is 0 Å². The Morgan fingerprint density at radius 1 is 1.64 bits per heavy atom. The fraction of sp³-hybridized carbons (Fsp3) is 0.750. The Morgan fingerprint density at radius 2 is 2.36 bits per heavy atom. The summed E-state index contributed by atoms with van der Waals surface area (Å²) in [5.41, 5.74) is 6.97. The van der Waals surface area contributed by atoms with E-state index in [9.17, 15) is 9.59 Å². The predicted molar refractivity (Wildman–Crippen MR) is 46.8 cm³/mol. The quantitative estimate of drug-likeness (QED) is 0.569. The zero-order valence-electron chi connectivity index (χ0n) is 7.99. The minimum absolute atomic E-state index is 0.0990. The number of ether oxygens (including phenoxy) is 1. The van der Waals surface area contributed by atoms with Gasteiger partial charge in [-0.15, -0.1) is 0 Å². The van der Waals surface area contributed by atoms with E-state index in [1.165, 1.54) is 0 Å². The first-order valence-electron chi connectivity index (χ1n) is 4.41. The average Bonchev–Trinajstić information content (AvgIpc) is 2.51. The number of hydrogen-bond acceptors (Lipinski definition) is 4. The molecular formula is C8H14N2O4. The molecule has 80 valence electrons. The standard InChI is InChI=1S/C8H14N2O4/c1-5-2-6(3-13-5)8(12)10-14-4-7(9)11/h5-6H,2-4H2,1H3,(H2,9,11)(H,10,12). The number of amides is 2. The highest BCUT2D eigenvalue weighted by Crippen LogP contribution is 2.18. The highest BCUT2D eigenvalue weighted by atomic mass is 16.7. The largest absolute Gasteiger partial charge is 0.378 e. The lowest BCUT2D eigenvalue weighted by molar-refractivity contribution is -0.141. The van der Waals surface area contributed by atoms with Crippen molar-refractivity contribution in [1.82, 2.24) is 5.48 Å². The summed E-state index contributed by atoms with van der Waals surface area (Å²) in [5, 5.41) is 0. The van der Waals surface area contributed by atoms with Crippen LogP contribution in [0.1, 0.15) is 13.3 Å². The molecule has 1 aliphatic rings. The van der Waals surface area contributed by atoms with Crippen molar-refractivity contribution in [3.63, 3.8) is 0 Å². The van der Waals surface area contributed by atoms with Crippen molar-refractivity contribution in [2.45, 2.75) is 19.4 Å². The summed E-state index contributed by atoms with van der Waals surface area (Å²) in [7, 11) is 0. The molecule has 1 heterocycles. The topological polar surface area (TPSA) is 90.6 Å². The Labute approximate surface area is 81.7 Å². The predicted octanol–water partition coefficient (Wildman–Crippen LogP) is -1.06. The van der Waals surface area contributed by atoms with Crippen molar-refractivity contribution in [2.75, 3.05) is 13.2 Å². The van der Waals surface area contributed by atoms with Crippen molar-refractivity contribution in [1.29, 1.82) is 0 Å². The molecule has 0 radical (unpaired) electrons. The molecule has 0 aromatic carbocycles. The second-order valence-corrected chi connectivity index (χ2v) is 3.30. The molecule has 2 amide bonds. The van der Waals surface area contributed by atoms with Crippen LogP contribution < -0.4 is 11.2 Å². The lowest BCUT2D eigenvalue weighted by Crippen LogP contribution is -2.34. The molecule has 0 aliphatic carbocycles. The van der Waals surface area contributed by atoms with E-state index in [4.69, 9.17) is 10.5 Å². The molecule has 0 aromatic heterocycles. The summed E-state index contributed by atoms with van der Waals surface area (Å²) in [5.74, 6) is -1.09. The highest BCUT2D eigenvalue weighted by Gasteiger charge is 2.28. The summed E-state index contributed by atoms with van der Waals surface area (Å²) in [6.07, 6.45) is 0.771. The summed E-state index contributed by atoms with van der Waals surface area (Å²) in [6.45, 7) is 1.99. The maximum absolute atomic E-state index is 11.3. The molecular weight excluding hydrogens is 188 g/mol. The van der Waals surface area contributed by atoms with E-state index >= 15 is 0 Å². The summed E-state index contributed by atoms with van der Waals surface area (Å²) in [6, 6.07) is 0. The molecule has 1 fully saturated rings. The number of rotatable bonds is 4. The third-order valence-corrected chi connectivity index (χ3v) is 1.96. The normalized spacial score (nSPS) is 26.1. The lowest BCUT2D eigenvalue weighted by atomic mass is 10.1. The van der Waals surface area contributed by atoms with Gasteiger partial charge in [0, 0.05) is 0 Å². The van der Waals surface area contributed by atoms with Gasteiger partial charge in [-0.05, 0) is 13.3 Å². The van der Waals surface area contributed by atoms with E-state index in [2.05, 4.69) is 10.3 Å². The van der Waals surface area contributed by atoms with Gasteiger partial charge in [0.05, 0.1) is 18.6 Å². The Morgan fingerprint density at radius 3 is 2.86 bits per heavy atom. The number of nitrogens with one attached hydrogen (secondary N) is 1. The van der Waals surface area contributed by atoms with Gasteiger partial charge in [-0.2, -0.15) is 0 Å². The van der Waals surface area contributed by atoms with Gasteiger partial charge in [0.25, 0.3) is 0 Å². The molecule has 1 rings (SSSR count). The van der Waals surface area contributed by atoms with E-state index in [1.54, 1.807) is 0 Å². The Hall–Kier alpha value is -1.14. The van der Waals surface area contributed by atoms with Crippen molar-refractivity contribution in [2.24, 2.45) is 11.7 Å². The van der Waals surface area contributed by atoms with Crippen LogP contribution in [0.5, 0.6) is 0 Å². The smallest absolute Gasteiger partial charge is 0.249 e. The molecule has 2 unspecified atom stereocenters. The van der Waals surface area contributed by atoms with Crippen molar-refractivity contribution < 1.29 is 19.2 Å². The molecule has 1 saturated heterocycles. The van der Waals surface area contributed by atoms with Crippen LogP contribution in [-0.2, 0) is 19.2 Å². The fourth-order valence-electron chi connectivity index (χ4n) is 1.26. The fourth-order valence-corrected chi connectivity index (χ4v) is 1.26. The zero-order chi connectivity index (χ0) is 10.6. The van der Waals surface area contributed by atoms with Crippen LogP contribution in [0.3, 0.4) is 0 Å². The summed E-state index contributed by atoms with van der Waals surface area (Å²) < 4.78 is 5.21. The number of nitrogens with two attached hydrogens (primary N) is 1. The maximum atomic E-state index is 11.3. The molecule has 3 N–H and O–H groups in total. The van der Waals surface area contributed by atoms with Gasteiger partial charge in [0.1, 0.15) is 0 Å². The second kappa shape index (κ2) is 4.92. The molecule has 6 nitrogen and oxygen atoms in total. The minimum Gasteiger partial charge on any atom is -0.378 e. The van der Waals surface area contributed by atoms with E-state index < -0.39 is 5.91 Å². The van der Waals surface area contributed by atoms with Crippen LogP contribution in [-0.4, -0.2) is 31.1 Å². The van der Waals surface area contributed by atoms with Crippen molar-refractivity contribution >= 4 is 11.8 Å². The van der Waals surface area contributed by atoms with E-state index in [0.29, 0.717) is 13.0 Å². The third-order valence-electron chi connectivity index (χ3n) is 1.96. The van der Waals surface area contributed by atoms with Crippen LogP contribution in [0.15, 0.2) is 0 Å². The highest BCUT2D eigenvalue weighted by molar-refractivity contribution is 5.79. The Balaban J connectivity index is 2.18. The Kier molecular flexibility index (Phi) is 3.84. The van der Waals surface area contributed by atoms with Crippen LogP contribution >= 0.6 is 0 Å². The Bertz CT molecular complexity index is 231. The van der Waals surface area contributed by atoms with Gasteiger partial charge in [-0.3, -0.25) is 14.4 Å². The molecule has 1 aliphatic heterocycles. The van der Waals surface area contributed by atoms with Gasteiger partial charge >= 0.3 is 0 Å². The molecule has 2 atom stereocenters. The SMILES string of the molecule is CC1CC(C(=O)NOCC(N)=O)CO1. The lowest BCUT2D eigenvalue weighted by Gasteiger charge is -2.07. The van der Waals surface area contributed by atoms with Crippen LogP contribution in [0.25, 0.3) is 0 Å².